The van der Waals surface area contributed by atoms with Crippen LogP contribution in [-0.2, 0) is 16.6 Å². The number of nitrogens with one attached hydrogen (secondary N) is 2. The molecule has 39 heavy (non-hydrogen) atoms. The highest BCUT2D eigenvalue weighted by Gasteiger charge is 2.42. The molecule has 0 aliphatic carbocycles. The molecule has 5 rings (SSSR count). The predicted molar refractivity (Wildman–Crippen MR) is 157 cm³/mol. The molecular formula is C28H30N6O3S2. The van der Waals surface area contributed by atoms with Crippen LogP contribution in [0.3, 0.4) is 0 Å². The van der Waals surface area contributed by atoms with Gasteiger partial charge in [-0.2, -0.15) is 0 Å². The molecule has 0 saturated carbocycles. The van der Waals surface area contributed by atoms with E-state index in [1.54, 1.807) is 24.5 Å². The summed E-state index contributed by atoms with van der Waals surface area (Å²) in [5, 5.41) is 4.03. The number of pyridine rings is 2. The van der Waals surface area contributed by atoms with Crippen molar-refractivity contribution in [3.8, 4) is 5.75 Å². The van der Waals surface area contributed by atoms with Crippen molar-refractivity contribution in [3.63, 3.8) is 0 Å². The lowest BCUT2D eigenvalue weighted by Crippen LogP contribution is -2.29. The SMILES string of the molecule is COc1cc(N2C(=S)N[C@@H](c3ccccn3)[C@@H]2c2cc(C)n(Cc3cccnc3)c2C)ccc1NS(C)(=O)=O. The first-order chi connectivity index (χ1) is 18.7. The Kier molecular flexibility index (Phi) is 7.28. The summed E-state index contributed by atoms with van der Waals surface area (Å²) in [5.74, 6) is 0.391. The van der Waals surface area contributed by atoms with Gasteiger partial charge < -0.3 is 19.5 Å². The van der Waals surface area contributed by atoms with Gasteiger partial charge in [0.2, 0.25) is 10.0 Å². The van der Waals surface area contributed by atoms with Crippen LogP contribution < -0.4 is 19.7 Å². The van der Waals surface area contributed by atoms with E-state index in [4.69, 9.17) is 17.0 Å². The lowest BCUT2D eigenvalue weighted by molar-refractivity contribution is 0.417. The molecule has 2 atom stereocenters. The average Bonchev–Trinajstić information content (AvgIpc) is 3.40. The first-order valence-electron chi connectivity index (χ1n) is 12.4. The van der Waals surface area contributed by atoms with E-state index in [0.717, 1.165) is 40.2 Å². The van der Waals surface area contributed by atoms with E-state index in [2.05, 4.69) is 55.5 Å². The first-order valence-corrected chi connectivity index (χ1v) is 14.7. The molecule has 0 spiro atoms. The summed E-state index contributed by atoms with van der Waals surface area (Å²) < 4.78 is 34.1. The van der Waals surface area contributed by atoms with Gasteiger partial charge in [-0.25, -0.2) is 8.42 Å². The van der Waals surface area contributed by atoms with Crippen molar-refractivity contribution in [3.05, 3.63) is 101 Å². The molecule has 11 heteroatoms. The third kappa shape index (κ3) is 5.45. The predicted octanol–water partition coefficient (Wildman–Crippen LogP) is 4.50. The number of anilines is 2. The minimum atomic E-state index is -3.48. The van der Waals surface area contributed by atoms with E-state index < -0.39 is 10.0 Å². The van der Waals surface area contributed by atoms with Crippen molar-refractivity contribution in [2.75, 3.05) is 23.0 Å². The normalized spacial score (nSPS) is 17.2. The van der Waals surface area contributed by atoms with Crippen LogP contribution in [0.1, 0.15) is 40.3 Å². The van der Waals surface area contributed by atoms with E-state index in [1.807, 2.05) is 36.5 Å². The van der Waals surface area contributed by atoms with Gasteiger partial charge in [0.15, 0.2) is 5.11 Å². The lowest BCUT2D eigenvalue weighted by Gasteiger charge is -2.29. The van der Waals surface area contributed by atoms with Gasteiger partial charge in [-0.1, -0.05) is 12.1 Å². The maximum absolute atomic E-state index is 11.9. The van der Waals surface area contributed by atoms with Crippen LogP contribution in [0.25, 0.3) is 0 Å². The number of benzene rings is 1. The molecule has 202 valence electrons. The molecule has 9 nitrogen and oxygen atoms in total. The van der Waals surface area contributed by atoms with Crippen LogP contribution in [-0.4, -0.2) is 41.4 Å². The van der Waals surface area contributed by atoms with Crippen molar-refractivity contribution < 1.29 is 13.2 Å². The third-order valence-electron chi connectivity index (χ3n) is 6.85. The van der Waals surface area contributed by atoms with Gasteiger partial charge in [-0.3, -0.25) is 14.7 Å². The summed E-state index contributed by atoms with van der Waals surface area (Å²) >= 11 is 5.88. The number of hydrogen-bond acceptors (Lipinski definition) is 6. The van der Waals surface area contributed by atoms with Gasteiger partial charge >= 0.3 is 0 Å². The van der Waals surface area contributed by atoms with E-state index >= 15 is 0 Å². The zero-order valence-electron chi connectivity index (χ0n) is 22.1. The monoisotopic (exact) mass is 562 g/mol. The maximum atomic E-state index is 11.9. The Hall–Kier alpha value is -3.96. The molecule has 0 radical (unpaired) electrons. The van der Waals surface area contributed by atoms with Crippen LogP contribution in [0.4, 0.5) is 11.4 Å². The number of thiocarbonyl (C=S) groups is 1. The summed E-state index contributed by atoms with van der Waals surface area (Å²) in [6.45, 7) is 4.92. The molecule has 0 amide bonds. The van der Waals surface area contributed by atoms with Crippen molar-refractivity contribution in [1.29, 1.82) is 0 Å². The minimum absolute atomic E-state index is 0.217. The van der Waals surface area contributed by atoms with Crippen LogP contribution >= 0.6 is 12.2 Å². The average molecular weight is 563 g/mol. The van der Waals surface area contributed by atoms with E-state index in [-0.39, 0.29) is 12.1 Å². The molecule has 4 heterocycles. The number of methoxy groups -OCH3 is 1. The highest BCUT2D eigenvalue weighted by atomic mass is 32.2. The Labute approximate surface area is 233 Å². The Balaban J connectivity index is 1.62. The van der Waals surface area contributed by atoms with Gasteiger partial charge in [0.25, 0.3) is 0 Å². The van der Waals surface area contributed by atoms with E-state index in [0.29, 0.717) is 23.1 Å². The van der Waals surface area contributed by atoms with Gasteiger partial charge in [-0.05, 0) is 73.6 Å². The highest BCUT2D eigenvalue weighted by Crippen LogP contribution is 2.44. The first kappa shape index (κ1) is 26.6. The fourth-order valence-corrected chi connectivity index (χ4v) is 6.02. The number of rotatable bonds is 8. The Morgan fingerprint density at radius 2 is 1.92 bits per heavy atom. The number of sulfonamides is 1. The molecule has 3 aromatic heterocycles. The number of nitrogens with zero attached hydrogens (tertiary/aromatic N) is 4. The summed E-state index contributed by atoms with van der Waals surface area (Å²) in [4.78, 5) is 11.0. The Bertz CT molecular complexity index is 1610. The number of ether oxygens (including phenoxy) is 1. The van der Waals surface area contributed by atoms with Crippen LogP contribution in [0, 0.1) is 13.8 Å². The van der Waals surface area contributed by atoms with Gasteiger partial charge in [0, 0.05) is 48.3 Å². The zero-order chi connectivity index (χ0) is 27.7. The minimum Gasteiger partial charge on any atom is -0.494 e. The lowest BCUT2D eigenvalue weighted by atomic mass is 9.96. The van der Waals surface area contributed by atoms with Crippen LogP contribution in [0.2, 0.25) is 0 Å². The van der Waals surface area contributed by atoms with E-state index in [9.17, 15) is 8.42 Å². The molecule has 1 saturated heterocycles. The number of aryl methyl sites for hydroxylation is 1. The third-order valence-corrected chi connectivity index (χ3v) is 7.76. The number of aromatic nitrogens is 3. The van der Waals surface area contributed by atoms with Crippen molar-refractivity contribution in [2.24, 2.45) is 0 Å². The van der Waals surface area contributed by atoms with Gasteiger partial charge in [0.1, 0.15) is 5.75 Å². The van der Waals surface area contributed by atoms with Crippen molar-refractivity contribution in [2.45, 2.75) is 32.5 Å². The van der Waals surface area contributed by atoms with Crippen molar-refractivity contribution >= 4 is 38.7 Å². The summed E-state index contributed by atoms with van der Waals surface area (Å²) in [5.41, 5.74) is 6.44. The largest absolute Gasteiger partial charge is 0.494 e. The molecular weight excluding hydrogens is 532 g/mol. The van der Waals surface area contributed by atoms with Crippen LogP contribution in [0.5, 0.6) is 5.75 Å². The zero-order valence-corrected chi connectivity index (χ0v) is 23.8. The summed E-state index contributed by atoms with van der Waals surface area (Å²) in [6, 6.07) is 16.9. The quantitative estimate of drug-likeness (QED) is 0.303. The van der Waals surface area contributed by atoms with Crippen LogP contribution in [0.15, 0.2) is 73.2 Å². The standard InChI is InChI=1S/C28H30N6O3S2/c1-18-14-22(19(2)33(18)17-20-8-7-12-29-16-20)27-26(24-9-5-6-13-30-24)31-28(38)34(27)21-10-11-23(25(15-21)37-3)32-39(4,35)36/h5-16,26-27,32H,17H2,1-4H3,(H,31,38)/t26-,27-/m0/s1. The molecule has 2 N–H and O–H groups in total. The fourth-order valence-electron chi connectivity index (χ4n) is 5.11. The highest BCUT2D eigenvalue weighted by molar-refractivity contribution is 7.92. The Morgan fingerprint density at radius 3 is 2.59 bits per heavy atom. The second kappa shape index (κ2) is 10.7. The second-order valence-corrected chi connectivity index (χ2v) is 11.7. The molecule has 0 unspecified atom stereocenters. The molecule has 1 aliphatic rings. The molecule has 1 aromatic carbocycles. The fraction of sp³-hybridized carbons (Fsp3) is 0.250. The van der Waals surface area contributed by atoms with Gasteiger partial charge in [0.05, 0.1) is 36.8 Å². The molecule has 1 fully saturated rings. The smallest absolute Gasteiger partial charge is 0.229 e. The number of hydrogen-bond donors (Lipinski definition) is 2. The van der Waals surface area contributed by atoms with E-state index in [1.165, 1.54) is 7.11 Å². The molecule has 4 aromatic rings. The second-order valence-electron chi connectivity index (χ2n) is 9.53. The Morgan fingerprint density at radius 1 is 1.10 bits per heavy atom. The van der Waals surface area contributed by atoms with Crippen molar-refractivity contribution in [1.82, 2.24) is 19.9 Å². The molecule has 1 aliphatic heterocycles. The topological polar surface area (TPSA) is 101 Å². The van der Waals surface area contributed by atoms with Gasteiger partial charge in [-0.15, -0.1) is 0 Å². The molecule has 0 bridgehead atoms. The summed E-state index contributed by atoms with van der Waals surface area (Å²) in [6.07, 6.45) is 6.54. The maximum Gasteiger partial charge on any atom is 0.229 e. The summed E-state index contributed by atoms with van der Waals surface area (Å²) in [7, 11) is -1.97.